The van der Waals surface area contributed by atoms with Gasteiger partial charge in [-0.1, -0.05) is 72.8 Å². The molecule has 1 aliphatic carbocycles. The van der Waals surface area contributed by atoms with E-state index in [0.717, 1.165) is 53.5 Å². The van der Waals surface area contributed by atoms with Crippen LogP contribution in [0.4, 0.5) is 4.79 Å². The Morgan fingerprint density at radius 1 is 0.853 bits per heavy atom. The van der Waals surface area contributed by atoms with Gasteiger partial charge in [-0.15, -0.1) is 0 Å². The molecule has 3 aromatic carbocycles. The van der Waals surface area contributed by atoms with Crippen LogP contribution in [0.15, 0.2) is 78.9 Å². The standard InChI is InChI=1S/C29H30N2O3/c32-28(25-15-16-25)30-19-22-8-4-9-26(18-22)23-11-13-24(14-12-23)27-10-5-17-31(27)29(33)34-20-21-6-2-1-3-7-21/h1-4,6-9,11-14,18,25,27H,5,10,15-17,19-20H2,(H,30,32). The molecule has 5 nitrogen and oxygen atoms in total. The summed E-state index contributed by atoms with van der Waals surface area (Å²) in [6.07, 6.45) is 3.69. The molecule has 1 saturated heterocycles. The first-order chi connectivity index (χ1) is 16.7. The van der Waals surface area contributed by atoms with Crippen LogP contribution >= 0.6 is 0 Å². The number of ether oxygens (including phenoxy) is 1. The second-order valence-corrected chi connectivity index (χ2v) is 9.21. The molecule has 2 amide bonds. The molecule has 1 unspecified atom stereocenters. The van der Waals surface area contributed by atoms with Gasteiger partial charge >= 0.3 is 6.09 Å². The maximum absolute atomic E-state index is 12.8. The Labute approximate surface area is 200 Å². The molecule has 0 spiro atoms. The number of nitrogens with zero attached hydrogens (tertiary/aromatic N) is 1. The molecule has 0 aromatic heterocycles. The van der Waals surface area contributed by atoms with Gasteiger partial charge in [-0.25, -0.2) is 4.79 Å². The largest absolute Gasteiger partial charge is 0.445 e. The van der Waals surface area contributed by atoms with E-state index >= 15 is 0 Å². The van der Waals surface area contributed by atoms with Crippen LogP contribution in [-0.4, -0.2) is 23.4 Å². The molecule has 5 rings (SSSR count). The van der Waals surface area contributed by atoms with E-state index in [9.17, 15) is 9.59 Å². The number of benzene rings is 3. The molecule has 1 N–H and O–H groups in total. The third kappa shape index (κ3) is 5.30. The summed E-state index contributed by atoms with van der Waals surface area (Å²) in [4.78, 5) is 26.5. The van der Waals surface area contributed by atoms with E-state index in [1.54, 1.807) is 0 Å². The van der Waals surface area contributed by atoms with Gasteiger partial charge in [0.2, 0.25) is 5.91 Å². The second kappa shape index (κ2) is 10.1. The molecule has 1 aliphatic heterocycles. The van der Waals surface area contributed by atoms with Gasteiger partial charge in [0.1, 0.15) is 6.61 Å². The van der Waals surface area contributed by atoms with Gasteiger partial charge in [-0.3, -0.25) is 4.79 Å². The zero-order valence-electron chi connectivity index (χ0n) is 19.3. The van der Waals surface area contributed by atoms with Crippen LogP contribution in [-0.2, 0) is 22.7 Å². The van der Waals surface area contributed by atoms with Crippen molar-refractivity contribution in [3.8, 4) is 11.1 Å². The van der Waals surface area contributed by atoms with E-state index in [4.69, 9.17) is 4.74 Å². The summed E-state index contributed by atoms with van der Waals surface area (Å²) in [5.41, 5.74) is 5.46. The number of amides is 2. The SMILES string of the molecule is O=C(NCc1cccc(-c2ccc(C3CCCN3C(=O)OCc3ccccc3)cc2)c1)C1CC1. The average Bonchev–Trinajstić information content (AvgIpc) is 3.63. The zero-order chi connectivity index (χ0) is 23.3. The molecule has 1 heterocycles. The van der Waals surface area contributed by atoms with Crippen LogP contribution in [0.25, 0.3) is 11.1 Å². The molecule has 1 atom stereocenters. The quantitative estimate of drug-likeness (QED) is 0.487. The lowest BCUT2D eigenvalue weighted by Crippen LogP contribution is -2.31. The Morgan fingerprint density at radius 3 is 2.38 bits per heavy atom. The van der Waals surface area contributed by atoms with Crippen LogP contribution in [0.2, 0.25) is 0 Å². The number of hydrogen-bond acceptors (Lipinski definition) is 3. The lowest BCUT2D eigenvalue weighted by atomic mass is 9.98. The molecule has 1 saturated carbocycles. The molecule has 2 aliphatic rings. The number of hydrogen-bond donors (Lipinski definition) is 1. The van der Waals surface area contributed by atoms with Crippen molar-refractivity contribution in [1.82, 2.24) is 10.2 Å². The van der Waals surface area contributed by atoms with Gasteiger partial charge in [0.05, 0.1) is 6.04 Å². The molecule has 3 aromatic rings. The predicted octanol–water partition coefficient (Wildman–Crippen LogP) is 5.85. The molecule has 34 heavy (non-hydrogen) atoms. The second-order valence-electron chi connectivity index (χ2n) is 9.21. The van der Waals surface area contributed by atoms with Gasteiger partial charge in [-0.05, 0) is 59.6 Å². The first kappa shape index (κ1) is 22.2. The minimum atomic E-state index is -0.253. The van der Waals surface area contributed by atoms with Gasteiger partial charge < -0.3 is 15.0 Å². The number of carbonyl (C=O) groups is 2. The molecule has 2 fully saturated rings. The normalized spacial score (nSPS) is 17.4. The van der Waals surface area contributed by atoms with Crippen molar-refractivity contribution in [2.45, 2.75) is 44.9 Å². The van der Waals surface area contributed by atoms with Gasteiger partial charge in [0.15, 0.2) is 0 Å². The van der Waals surface area contributed by atoms with E-state index < -0.39 is 0 Å². The highest BCUT2D eigenvalue weighted by atomic mass is 16.6. The van der Waals surface area contributed by atoms with Crippen LogP contribution < -0.4 is 5.32 Å². The highest BCUT2D eigenvalue weighted by Crippen LogP contribution is 2.34. The van der Waals surface area contributed by atoms with Crippen molar-refractivity contribution < 1.29 is 14.3 Å². The van der Waals surface area contributed by atoms with Crippen molar-refractivity contribution >= 4 is 12.0 Å². The number of likely N-dealkylation sites (tertiary alicyclic amines) is 1. The van der Waals surface area contributed by atoms with Crippen molar-refractivity contribution in [3.63, 3.8) is 0 Å². The van der Waals surface area contributed by atoms with E-state index in [0.29, 0.717) is 19.7 Å². The third-order valence-corrected chi connectivity index (χ3v) is 6.66. The fourth-order valence-electron chi connectivity index (χ4n) is 4.57. The maximum atomic E-state index is 12.8. The van der Waals surface area contributed by atoms with Crippen molar-refractivity contribution in [2.75, 3.05) is 6.54 Å². The van der Waals surface area contributed by atoms with E-state index in [-0.39, 0.29) is 24.0 Å². The van der Waals surface area contributed by atoms with Gasteiger partial charge in [0.25, 0.3) is 0 Å². The first-order valence-corrected chi connectivity index (χ1v) is 12.1. The fourth-order valence-corrected chi connectivity index (χ4v) is 4.57. The monoisotopic (exact) mass is 454 g/mol. The minimum Gasteiger partial charge on any atom is -0.445 e. The van der Waals surface area contributed by atoms with Gasteiger partial charge in [0, 0.05) is 19.0 Å². The zero-order valence-corrected chi connectivity index (χ0v) is 19.3. The summed E-state index contributed by atoms with van der Waals surface area (Å²) in [7, 11) is 0. The Balaban J connectivity index is 1.22. The molecular formula is C29H30N2O3. The molecule has 0 bridgehead atoms. The summed E-state index contributed by atoms with van der Waals surface area (Å²) in [6, 6.07) is 26.6. The van der Waals surface area contributed by atoms with Gasteiger partial charge in [-0.2, -0.15) is 0 Å². The van der Waals surface area contributed by atoms with E-state index in [2.05, 4.69) is 41.7 Å². The van der Waals surface area contributed by atoms with Crippen LogP contribution in [0, 0.1) is 5.92 Å². The maximum Gasteiger partial charge on any atom is 0.410 e. The Bertz CT molecular complexity index is 1140. The number of carbonyl (C=O) groups excluding carboxylic acids is 2. The smallest absolute Gasteiger partial charge is 0.410 e. The predicted molar refractivity (Wildman–Crippen MR) is 132 cm³/mol. The van der Waals surface area contributed by atoms with Crippen LogP contribution in [0.1, 0.15) is 48.4 Å². The molecular weight excluding hydrogens is 424 g/mol. The van der Waals surface area contributed by atoms with Crippen molar-refractivity contribution in [2.24, 2.45) is 5.92 Å². The van der Waals surface area contributed by atoms with Crippen molar-refractivity contribution in [3.05, 3.63) is 95.6 Å². The van der Waals surface area contributed by atoms with E-state index in [1.165, 1.54) is 0 Å². The molecule has 174 valence electrons. The Morgan fingerprint density at radius 2 is 1.62 bits per heavy atom. The molecule has 5 heteroatoms. The summed E-state index contributed by atoms with van der Waals surface area (Å²) >= 11 is 0. The number of rotatable bonds is 7. The van der Waals surface area contributed by atoms with Crippen LogP contribution in [0.5, 0.6) is 0 Å². The molecule has 0 radical (unpaired) electrons. The first-order valence-electron chi connectivity index (χ1n) is 12.1. The highest BCUT2D eigenvalue weighted by molar-refractivity contribution is 5.80. The lowest BCUT2D eigenvalue weighted by molar-refractivity contribution is -0.122. The summed E-state index contributed by atoms with van der Waals surface area (Å²) < 4.78 is 5.59. The number of nitrogens with one attached hydrogen (secondary N) is 1. The summed E-state index contributed by atoms with van der Waals surface area (Å²) in [5.74, 6) is 0.389. The summed E-state index contributed by atoms with van der Waals surface area (Å²) in [6.45, 7) is 1.57. The topological polar surface area (TPSA) is 58.6 Å². The highest BCUT2D eigenvalue weighted by Gasteiger charge is 2.31. The summed E-state index contributed by atoms with van der Waals surface area (Å²) in [5, 5.41) is 3.03. The van der Waals surface area contributed by atoms with Crippen LogP contribution in [0.3, 0.4) is 0 Å². The Hall–Kier alpha value is -3.60. The lowest BCUT2D eigenvalue weighted by Gasteiger charge is -2.24. The minimum absolute atomic E-state index is 0.0429. The van der Waals surface area contributed by atoms with E-state index in [1.807, 2.05) is 47.4 Å². The van der Waals surface area contributed by atoms with Crippen molar-refractivity contribution in [1.29, 1.82) is 0 Å². The Kier molecular flexibility index (Phi) is 6.61. The third-order valence-electron chi connectivity index (χ3n) is 6.66. The average molecular weight is 455 g/mol. The fraction of sp³-hybridized carbons (Fsp3) is 0.310.